The van der Waals surface area contributed by atoms with Gasteiger partial charge in [-0.3, -0.25) is 14.9 Å². The van der Waals surface area contributed by atoms with Crippen LogP contribution in [-0.4, -0.2) is 31.5 Å². The first-order chi connectivity index (χ1) is 9.08. The largest absolute Gasteiger partial charge is 0.344 e. The summed E-state index contributed by atoms with van der Waals surface area (Å²) >= 11 is 5.66. The van der Waals surface area contributed by atoms with E-state index < -0.39 is 10.8 Å². The third-order valence-corrected chi connectivity index (χ3v) is 2.43. The van der Waals surface area contributed by atoms with Crippen molar-refractivity contribution in [3.8, 4) is 0 Å². The van der Waals surface area contributed by atoms with Gasteiger partial charge in [0.05, 0.1) is 11.5 Å². The SMILES string of the molecule is O=C(NCc1nn[nH]n1)c1ccc(Cl)cc1[N+](=O)[O-]. The van der Waals surface area contributed by atoms with E-state index in [0.717, 1.165) is 6.07 Å². The second kappa shape index (κ2) is 5.40. The molecule has 10 heteroatoms. The van der Waals surface area contributed by atoms with E-state index in [1.807, 2.05) is 0 Å². The molecule has 0 aliphatic carbocycles. The van der Waals surface area contributed by atoms with Crippen LogP contribution in [0, 0.1) is 10.1 Å². The quantitative estimate of drug-likeness (QED) is 0.627. The normalized spacial score (nSPS) is 10.2. The third-order valence-electron chi connectivity index (χ3n) is 2.20. The van der Waals surface area contributed by atoms with Crippen molar-refractivity contribution < 1.29 is 9.72 Å². The molecule has 2 aromatic rings. The predicted molar refractivity (Wildman–Crippen MR) is 63.5 cm³/mol. The Morgan fingerprint density at radius 2 is 2.32 bits per heavy atom. The molecule has 1 aromatic carbocycles. The maximum absolute atomic E-state index is 11.8. The number of tetrazole rings is 1. The molecule has 0 aliphatic rings. The molecule has 19 heavy (non-hydrogen) atoms. The molecule has 0 aliphatic heterocycles. The van der Waals surface area contributed by atoms with Crippen LogP contribution in [0.15, 0.2) is 18.2 Å². The van der Waals surface area contributed by atoms with Gasteiger partial charge in [0.1, 0.15) is 5.56 Å². The van der Waals surface area contributed by atoms with E-state index in [1.165, 1.54) is 12.1 Å². The van der Waals surface area contributed by atoms with Gasteiger partial charge in [0.25, 0.3) is 11.6 Å². The summed E-state index contributed by atoms with van der Waals surface area (Å²) in [7, 11) is 0. The molecule has 1 heterocycles. The van der Waals surface area contributed by atoms with Crippen LogP contribution in [0.2, 0.25) is 5.02 Å². The van der Waals surface area contributed by atoms with Gasteiger partial charge in [0, 0.05) is 11.1 Å². The molecule has 0 atom stereocenters. The Balaban J connectivity index is 2.16. The number of hydrogen-bond acceptors (Lipinski definition) is 6. The predicted octanol–water partition coefficient (Wildman–Crippen LogP) is 0.691. The molecule has 1 aromatic heterocycles. The average molecular weight is 283 g/mol. The van der Waals surface area contributed by atoms with Crippen molar-refractivity contribution >= 4 is 23.2 Å². The molecule has 0 radical (unpaired) electrons. The molecule has 0 fully saturated rings. The van der Waals surface area contributed by atoms with Gasteiger partial charge in [-0.05, 0) is 12.1 Å². The molecule has 0 saturated heterocycles. The lowest BCUT2D eigenvalue weighted by atomic mass is 10.1. The average Bonchev–Trinajstić information content (AvgIpc) is 2.88. The topological polar surface area (TPSA) is 127 Å². The summed E-state index contributed by atoms with van der Waals surface area (Å²) in [5.41, 5.74) is -0.448. The first-order valence-electron chi connectivity index (χ1n) is 5.02. The lowest BCUT2D eigenvalue weighted by Gasteiger charge is -2.03. The van der Waals surface area contributed by atoms with Crippen molar-refractivity contribution in [2.75, 3.05) is 0 Å². The Labute approximate surface area is 111 Å². The standard InChI is InChI=1S/C9H7ClN6O3/c10-5-1-2-6(7(3-5)16(18)19)9(17)11-4-8-12-14-15-13-8/h1-3H,4H2,(H,11,17)(H,12,13,14,15). The van der Waals surface area contributed by atoms with Crippen LogP contribution in [0.3, 0.4) is 0 Å². The summed E-state index contributed by atoms with van der Waals surface area (Å²) in [4.78, 5) is 22.0. The number of rotatable bonds is 4. The Kier molecular flexibility index (Phi) is 3.66. The highest BCUT2D eigenvalue weighted by atomic mass is 35.5. The van der Waals surface area contributed by atoms with E-state index in [1.54, 1.807) is 0 Å². The maximum atomic E-state index is 11.8. The summed E-state index contributed by atoms with van der Waals surface area (Å²) in [6.45, 7) is 0.00904. The third kappa shape index (κ3) is 3.01. The molecule has 2 N–H and O–H groups in total. The Hall–Kier alpha value is -2.55. The first kappa shape index (κ1) is 12.9. The Morgan fingerprint density at radius 3 is 2.95 bits per heavy atom. The second-order valence-electron chi connectivity index (χ2n) is 3.43. The number of nitrogens with zero attached hydrogens (tertiary/aromatic N) is 4. The fraction of sp³-hybridized carbons (Fsp3) is 0.111. The van der Waals surface area contributed by atoms with E-state index in [0.29, 0.717) is 0 Å². The van der Waals surface area contributed by atoms with Crippen LogP contribution in [-0.2, 0) is 6.54 Å². The number of halogens is 1. The molecule has 0 unspecified atom stereocenters. The number of hydrogen-bond donors (Lipinski definition) is 2. The number of carbonyl (C=O) groups is 1. The highest BCUT2D eigenvalue weighted by Crippen LogP contribution is 2.23. The van der Waals surface area contributed by atoms with Gasteiger partial charge in [-0.25, -0.2) is 0 Å². The van der Waals surface area contributed by atoms with E-state index in [-0.39, 0.29) is 28.6 Å². The van der Waals surface area contributed by atoms with Crippen molar-refractivity contribution in [2.45, 2.75) is 6.54 Å². The molecule has 0 saturated carbocycles. The monoisotopic (exact) mass is 282 g/mol. The number of aromatic nitrogens is 4. The van der Waals surface area contributed by atoms with Crippen molar-refractivity contribution in [3.63, 3.8) is 0 Å². The number of aromatic amines is 1. The number of H-pyrrole nitrogens is 1. The van der Waals surface area contributed by atoms with Gasteiger partial charge in [0.15, 0.2) is 5.82 Å². The van der Waals surface area contributed by atoms with Gasteiger partial charge in [-0.1, -0.05) is 16.8 Å². The van der Waals surface area contributed by atoms with E-state index >= 15 is 0 Å². The fourth-order valence-electron chi connectivity index (χ4n) is 1.36. The minimum absolute atomic E-state index is 0.00904. The second-order valence-corrected chi connectivity index (χ2v) is 3.87. The van der Waals surface area contributed by atoms with Crippen LogP contribution in [0.1, 0.15) is 16.2 Å². The summed E-state index contributed by atoms with van der Waals surface area (Å²) in [6, 6.07) is 3.80. The Morgan fingerprint density at radius 1 is 1.53 bits per heavy atom. The number of nitrogens with one attached hydrogen (secondary N) is 2. The smallest absolute Gasteiger partial charge is 0.283 e. The highest BCUT2D eigenvalue weighted by Gasteiger charge is 2.20. The number of nitro benzene ring substituents is 1. The summed E-state index contributed by atoms with van der Waals surface area (Å²) in [5, 5.41) is 26.3. The summed E-state index contributed by atoms with van der Waals surface area (Å²) in [6.07, 6.45) is 0. The zero-order valence-electron chi connectivity index (χ0n) is 9.33. The van der Waals surface area contributed by atoms with Gasteiger partial charge >= 0.3 is 0 Å². The molecule has 0 spiro atoms. The van der Waals surface area contributed by atoms with Crippen LogP contribution < -0.4 is 5.32 Å². The van der Waals surface area contributed by atoms with Crippen molar-refractivity contribution in [2.24, 2.45) is 0 Å². The lowest BCUT2D eigenvalue weighted by molar-refractivity contribution is -0.385. The highest BCUT2D eigenvalue weighted by molar-refractivity contribution is 6.31. The molecule has 0 bridgehead atoms. The molecular formula is C9H7ClN6O3. The zero-order chi connectivity index (χ0) is 13.8. The van der Waals surface area contributed by atoms with E-state index in [2.05, 4.69) is 25.9 Å². The molecule has 1 amide bonds. The minimum atomic E-state index is -0.671. The summed E-state index contributed by atoms with van der Waals surface area (Å²) < 4.78 is 0. The number of benzene rings is 1. The molecular weight excluding hydrogens is 276 g/mol. The molecule has 98 valence electrons. The molecule has 2 rings (SSSR count). The van der Waals surface area contributed by atoms with Gasteiger partial charge in [0.2, 0.25) is 0 Å². The first-order valence-corrected chi connectivity index (χ1v) is 5.40. The number of nitro groups is 1. The van der Waals surface area contributed by atoms with Crippen molar-refractivity contribution in [3.05, 3.63) is 44.7 Å². The van der Waals surface area contributed by atoms with E-state index in [9.17, 15) is 14.9 Å². The van der Waals surface area contributed by atoms with Gasteiger partial charge in [-0.15, -0.1) is 10.2 Å². The minimum Gasteiger partial charge on any atom is -0.344 e. The van der Waals surface area contributed by atoms with Gasteiger partial charge in [-0.2, -0.15) is 5.21 Å². The van der Waals surface area contributed by atoms with Gasteiger partial charge < -0.3 is 5.32 Å². The van der Waals surface area contributed by atoms with E-state index in [4.69, 9.17) is 11.6 Å². The Bertz CT molecular complexity index is 614. The van der Waals surface area contributed by atoms with Crippen LogP contribution in [0.25, 0.3) is 0 Å². The van der Waals surface area contributed by atoms with Crippen LogP contribution in [0.4, 0.5) is 5.69 Å². The number of amides is 1. The fourth-order valence-corrected chi connectivity index (χ4v) is 1.53. The maximum Gasteiger partial charge on any atom is 0.283 e. The summed E-state index contributed by atoms with van der Waals surface area (Å²) in [5.74, 6) is -0.349. The molecule has 9 nitrogen and oxygen atoms in total. The van der Waals surface area contributed by atoms with Crippen LogP contribution >= 0.6 is 11.6 Å². The van der Waals surface area contributed by atoms with Crippen molar-refractivity contribution in [1.29, 1.82) is 0 Å². The number of carbonyl (C=O) groups excluding carboxylic acids is 1. The lowest BCUT2D eigenvalue weighted by Crippen LogP contribution is -2.24. The zero-order valence-corrected chi connectivity index (χ0v) is 10.1. The van der Waals surface area contributed by atoms with Crippen molar-refractivity contribution in [1.82, 2.24) is 25.9 Å². The van der Waals surface area contributed by atoms with Crippen LogP contribution in [0.5, 0.6) is 0 Å².